The van der Waals surface area contributed by atoms with E-state index in [1.165, 1.54) is 11.3 Å². The van der Waals surface area contributed by atoms with Gasteiger partial charge >= 0.3 is 5.97 Å². The van der Waals surface area contributed by atoms with Gasteiger partial charge in [0.25, 0.3) is 0 Å². The van der Waals surface area contributed by atoms with Gasteiger partial charge in [0.1, 0.15) is 4.88 Å². The van der Waals surface area contributed by atoms with Crippen LogP contribution >= 0.6 is 11.3 Å². The molecule has 0 aliphatic rings. The Morgan fingerprint density at radius 3 is 2.76 bits per heavy atom. The molecule has 0 amide bonds. The number of esters is 1. The largest absolute Gasteiger partial charge is 0.493 e. The number of nitrogens with two attached hydrogens (primary N) is 1. The second kappa shape index (κ2) is 7.24. The fourth-order valence-electron chi connectivity index (χ4n) is 1.92. The van der Waals surface area contributed by atoms with Crippen molar-refractivity contribution in [2.24, 2.45) is 5.73 Å². The van der Waals surface area contributed by atoms with Crippen molar-refractivity contribution in [2.75, 3.05) is 7.11 Å². The van der Waals surface area contributed by atoms with E-state index in [1.807, 2.05) is 23.6 Å². The van der Waals surface area contributed by atoms with E-state index in [2.05, 4.69) is 6.92 Å². The summed E-state index contributed by atoms with van der Waals surface area (Å²) >= 11 is 1.35. The summed E-state index contributed by atoms with van der Waals surface area (Å²) in [5.74, 6) is 0.590. The fourth-order valence-corrected chi connectivity index (χ4v) is 2.51. The van der Waals surface area contributed by atoms with Crippen molar-refractivity contribution in [3.63, 3.8) is 0 Å². The molecule has 0 aliphatic heterocycles. The summed E-state index contributed by atoms with van der Waals surface area (Å²) in [6.07, 6.45) is 1.68. The number of thiophene rings is 1. The Morgan fingerprint density at radius 2 is 2.14 bits per heavy atom. The quantitative estimate of drug-likeness (QED) is 0.657. The number of carbonyl (C=O) groups is 1. The van der Waals surface area contributed by atoms with E-state index in [0.717, 1.165) is 18.4 Å². The summed E-state index contributed by atoms with van der Waals surface area (Å²) in [6, 6.07) is 9.19. The van der Waals surface area contributed by atoms with Crippen LogP contribution in [0.2, 0.25) is 0 Å². The van der Waals surface area contributed by atoms with Crippen molar-refractivity contribution >= 4 is 17.3 Å². The highest BCUT2D eigenvalue weighted by Gasteiger charge is 2.14. The summed E-state index contributed by atoms with van der Waals surface area (Å²) < 4.78 is 10.7. The van der Waals surface area contributed by atoms with Crippen LogP contribution in [0.5, 0.6) is 11.5 Å². The second-order valence-electron chi connectivity index (χ2n) is 4.72. The molecular formula is C16H19NO3S. The van der Waals surface area contributed by atoms with Crippen LogP contribution in [0.4, 0.5) is 0 Å². The Labute approximate surface area is 128 Å². The summed E-state index contributed by atoms with van der Waals surface area (Å²) in [7, 11) is 1.56. The summed E-state index contributed by atoms with van der Waals surface area (Å²) in [5, 5.41) is 1.84. The van der Waals surface area contributed by atoms with Gasteiger partial charge in [0.05, 0.1) is 7.11 Å². The van der Waals surface area contributed by atoms with E-state index in [4.69, 9.17) is 15.2 Å². The summed E-state index contributed by atoms with van der Waals surface area (Å²) in [5.41, 5.74) is 7.02. The van der Waals surface area contributed by atoms with Crippen molar-refractivity contribution in [2.45, 2.75) is 25.8 Å². The highest BCUT2D eigenvalue weighted by Crippen LogP contribution is 2.29. The fraction of sp³-hybridized carbons (Fsp3) is 0.312. The molecule has 1 unspecified atom stereocenters. The average molecular weight is 305 g/mol. The van der Waals surface area contributed by atoms with Crippen LogP contribution in [0.15, 0.2) is 35.7 Å². The average Bonchev–Trinajstić information content (AvgIpc) is 3.03. The lowest BCUT2D eigenvalue weighted by molar-refractivity contribution is 0.0735. The first-order chi connectivity index (χ1) is 10.1. The lowest BCUT2D eigenvalue weighted by Crippen LogP contribution is -2.21. The van der Waals surface area contributed by atoms with E-state index in [9.17, 15) is 4.79 Å². The number of hydrogen-bond acceptors (Lipinski definition) is 5. The Balaban J connectivity index is 2.14. The minimum Gasteiger partial charge on any atom is -0.493 e. The summed E-state index contributed by atoms with van der Waals surface area (Å²) in [6.45, 7) is 2.05. The molecule has 0 saturated heterocycles. The molecule has 1 atom stereocenters. The van der Waals surface area contributed by atoms with Gasteiger partial charge in [-0.25, -0.2) is 4.79 Å². The van der Waals surface area contributed by atoms with Gasteiger partial charge in [-0.3, -0.25) is 0 Å². The van der Waals surface area contributed by atoms with Crippen molar-refractivity contribution in [1.29, 1.82) is 0 Å². The first-order valence-corrected chi connectivity index (χ1v) is 7.70. The molecule has 0 saturated carbocycles. The predicted octanol–water partition coefficient (Wildman–Crippen LogP) is 3.26. The lowest BCUT2D eigenvalue weighted by atomic mass is 10.0. The molecular weight excluding hydrogens is 286 g/mol. The molecule has 1 aromatic carbocycles. The molecule has 0 spiro atoms. The molecule has 2 rings (SSSR count). The van der Waals surface area contributed by atoms with Crippen LogP contribution in [0.1, 0.15) is 28.6 Å². The lowest BCUT2D eigenvalue weighted by Gasteiger charge is -2.12. The van der Waals surface area contributed by atoms with Crippen LogP contribution < -0.4 is 15.2 Å². The monoisotopic (exact) mass is 305 g/mol. The van der Waals surface area contributed by atoms with Gasteiger partial charge in [0.15, 0.2) is 11.5 Å². The van der Waals surface area contributed by atoms with Gasteiger partial charge in [-0.1, -0.05) is 19.1 Å². The normalized spacial score (nSPS) is 12.0. The minimum absolute atomic E-state index is 0.120. The second-order valence-corrected chi connectivity index (χ2v) is 5.67. The molecule has 0 fully saturated rings. The van der Waals surface area contributed by atoms with Crippen molar-refractivity contribution in [3.8, 4) is 11.5 Å². The van der Waals surface area contributed by atoms with Gasteiger partial charge < -0.3 is 15.2 Å². The Morgan fingerprint density at radius 1 is 1.33 bits per heavy atom. The van der Waals surface area contributed by atoms with E-state index in [1.54, 1.807) is 19.2 Å². The molecule has 112 valence electrons. The standard InChI is InChI=1S/C16H19NO3S/c1-3-12(17)9-11-6-7-13(14(10-11)19-2)20-16(18)15-5-4-8-21-15/h4-8,10,12H,3,9,17H2,1-2H3. The highest BCUT2D eigenvalue weighted by molar-refractivity contribution is 7.12. The zero-order chi connectivity index (χ0) is 15.2. The van der Waals surface area contributed by atoms with E-state index in [0.29, 0.717) is 16.4 Å². The van der Waals surface area contributed by atoms with Gasteiger partial charge in [0, 0.05) is 6.04 Å². The van der Waals surface area contributed by atoms with Crippen molar-refractivity contribution < 1.29 is 14.3 Å². The third kappa shape index (κ3) is 4.06. The van der Waals surface area contributed by atoms with Crippen LogP contribution in [0.25, 0.3) is 0 Å². The number of carbonyl (C=O) groups excluding carboxylic acids is 1. The maximum Gasteiger partial charge on any atom is 0.353 e. The number of ether oxygens (including phenoxy) is 2. The number of benzene rings is 1. The van der Waals surface area contributed by atoms with E-state index >= 15 is 0 Å². The summed E-state index contributed by atoms with van der Waals surface area (Å²) in [4.78, 5) is 12.5. The van der Waals surface area contributed by atoms with Gasteiger partial charge in [0.2, 0.25) is 0 Å². The van der Waals surface area contributed by atoms with Gasteiger partial charge in [-0.05, 0) is 42.0 Å². The van der Waals surface area contributed by atoms with Gasteiger partial charge in [-0.2, -0.15) is 0 Å². The number of methoxy groups -OCH3 is 1. The number of hydrogen-bond donors (Lipinski definition) is 1. The molecule has 0 aliphatic carbocycles. The third-order valence-electron chi connectivity index (χ3n) is 3.18. The molecule has 1 aromatic heterocycles. The topological polar surface area (TPSA) is 61.5 Å². The first-order valence-electron chi connectivity index (χ1n) is 6.82. The zero-order valence-electron chi connectivity index (χ0n) is 12.2. The Hall–Kier alpha value is -1.85. The maximum atomic E-state index is 12.0. The SMILES string of the molecule is CCC(N)Cc1ccc(OC(=O)c2cccs2)c(OC)c1. The maximum absolute atomic E-state index is 12.0. The molecule has 0 bridgehead atoms. The van der Waals surface area contributed by atoms with Crippen LogP contribution in [0, 0.1) is 0 Å². The molecule has 21 heavy (non-hydrogen) atoms. The molecule has 2 aromatic rings. The van der Waals surface area contributed by atoms with Crippen LogP contribution in [-0.4, -0.2) is 19.1 Å². The zero-order valence-corrected chi connectivity index (χ0v) is 13.0. The van der Waals surface area contributed by atoms with E-state index in [-0.39, 0.29) is 12.0 Å². The molecule has 1 heterocycles. The Kier molecular flexibility index (Phi) is 5.36. The third-order valence-corrected chi connectivity index (χ3v) is 4.03. The van der Waals surface area contributed by atoms with Crippen LogP contribution in [0.3, 0.4) is 0 Å². The minimum atomic E-state index is -0.374. The highest BCUT2D eigenvalue weighted by atomic mass is 32.1. The van der Waals surface area contributed by atoms with Gasteiger partial charge in [-0.15, -0.1) is 11.3 Å². The van der Waals surface area contributed by atoms with E-state index < -0.39 is 0 Å². The smallest absolute Gasteiger partial charge is 0.353 e. The number of rotatable bonds is 6. The predicted molar refractivity (Wildman–Crippen MR) is 84.2 cm³/mol. The molecule has 4 nitrogen and oxygen atoms in total. The Bertz CT molecular complexity index is 596. The molecule has 2 N–H and O–H groups in total. The van der Waals surface area contributed by atoms with Crippen molar-refractivity contribution in [1.82, 2.24) is 0 Å². The van der Waals surface area contributed by atoms with Crippen LogP contribution in [-0.2, 0) is 6.42 Å². The first kappa shape index (κ1) is 15.5. The molecule has 5 heteroatoms. The van der Waals surface area contributed by atoms with Crippen molar-refractivity contribution in [3.05, 3.63) is 46.2 Å². The molecule has 0 radical (unpaired) electrons.